The second-order valence-corrected chi connectivity index (χ2v) is 5.20. The van der Waals surface area contributed by atoms with Gasteiger partial charge in [0.2, 0.25) is 0 Å². The molecule has 1 aromatic carbocycles. The number of furan rings is 1. The molecular formula is C17H19NO4. The van der Waals surface area contributed by atoms with Crippen molar-refractivity contribution in [3.8, 4) is 0 Å². The van der Waals surface area contributed by atoms with Crippen molar-refractivity contribution in [2.24, 2.45) is 0 Å². The number of amides is 1. The van der Waals surface area contributed by atoms with Gasteiger partial charge in [-0.3, -0.25) is 4.79 Å². The summed E-state index contributed by atoms with van der Waals surface area (Å²) in [5.41, 5.74) is 2.97. The van der Waals surface area contributed by atoms with Gasteiger partial charge < -0.3 is 14.8 Å². The normalized spacial score (nSPS) is 12.0. The first kappa shape index (κ1) is 15.8. The van der Waals surface area contributed by atoms with E-state index in [1.807, 2.05) is 26.8 Å². The summed E-state index contributed by atoms with van der Waals surface area (Å²) in [7, 11) is 0. The van der Waals surface area contributed by atoms with E-state index in [4.69, 9.17) is 4.42 Å². The fourth-order valence-electron chi connectivity index (χ4n) is 2.26. The van der Waals surface area contributed by atoms with Gasteiger partial charge in [-0.2, -0.15) is 0 Å². The Hall–Kier alpha value is -2.56. The molecule has 1 amide bonds. The molecular weight excluding hydrogens is 282 g/mol. The molecule has 1 aromatic heterocycles. The van der Waals surface area contributed by atoms with Crippen LogP contribution >= 0.6 is 0 Å². The number of rotatable bonds is 5. The van der Waals surface area contributed by atoms with Crippen LogP contribution in [-0.4, -0.2) is 17.0 Å². The first-order valence-corrected chi connectivity index (χ1v) is 7.11. The Balaban J connectivity index is 2.27. The van der Waals surface area contributed by atoms with E-state index in [-0.39, 0.29) is 0 Å². The largest absolute Gasteiger partial charge is 0.479 e. The summed E-state index contributed by atoms with van der Waals surface area (Å²) in [6.07, 6.45) is 2.00. The van der Waals surface area contributed by atoms with Crippen molar-refractivity contribution in [2.45, 2.75) is 33.2 Å². The highest BCUT2D eigenvalue weighted by molar-refractivity contribution is 5.97. The van der Waals surface area contributed by atoms with Gasteiger partial charge in [-0.1, -0.05) is 25.1 Å². The van der Waals surface area contributed by atoms with E-state index >= 15 is 0 Å². The highest BCUT2D eigenvalue weighted by atomic mass is 16.4. The van der Waals surface area contributed by atoms with Gasteiger partial charge >= 0.3 is 5.97 Å². The van der Waals surface area contributed by atoms with E-state index in [1.54, 1.807) is 18.2 Å². The number of carbonyl (C=O) groups excluding carboxylic acids is 1. The van der Waals surface area contributed by atoms with Crippen LogP contribution in [-0.2, 0) is 11.2 Å². The van der Waals surface area contributed by atoms with Gasteiger partial charge in [0.1, 0.15) is 5.76 Å². The zero-order valence-corrected chi connectivity index (χ0v) is 12.8. The maximum atomic E-state index is 12.3. The zero-order valence-electron chi connectivity index (χ0n) is 12.8. The molecule has 5 nitrogen and oxygen atoms in total. The van der Waals surface area contributed by atoms with Gasteiger partial charge in [-0.05, 0) is 36.6 Å². The molecule has 0 spiro atoms. The molecule has 2 aromatic rings. The number of carboxylic acids is 1. The molecule has 116 valence electrons. The lowest BCUT2D eigenvalue weighted by Gasteiger charge is -2.16. The second kappa shape index (κ2) is 6.47. The molecule has 5 heteroatoms. The van der Waals surface area contributed by atoms with Crippen molar-refractivity contribution in [2.75, 3.05) is 0 Å². The number of hydrogen-bond acceptors (Lipinski definition) is 3. The average Bonchev–Trinajstić information content (AvgIpc) is 2.96. The Labute approximate surface area is 129 Å². The van der Waals surface area contributed by atoms with E-state index in [0.29, 0.717) is 23.3 Å². The Morgan fingerprint density at radius 3 is 2.55 bits per heavy atom. The van der Waals surface area contributed by atoms with Crippen LogP contribution in [0.4, 0.5) is 0 Å². The fourth-order valence-corrected chi connectivity index (χ4v) is 2.26. The molecule has 1 unspecified atom stereocenters. The minimum Gasteiger partial charge on any atom is -0.479 e. The van der Waals surface area contributed by atoms with Crippen LogP contribution in [0.25, 0.3) is 0 Å². The standard InChI is InChI=1S/C17H19NO4/c1-4-14-13(7-8-22-14)16(19)18-15(17(20)21)12-6-5-10(2)11(3)9-12/h5-9,15H,4H2,1-3H3,(H,18,19)(H,20,21). The molecule has 0 bridgehead atoms. The molecule has 0 saturated carbocycles. The fraction of sp³-hybridized carbons (Fsp3) is 0.294. The smallest absolute Gasteiger partial charge is 0.330 e. The summed E-state index contributed by atoms with van der Waals surface area (Å²) in [6.45, 7) is 5.73. The van der Waals surface area contributed by atoms with Crippen molar-refractivity contribution in [3.05, 3.63) is 58.5 Å². The average molecular weight is 301 g/mol. The van der Waals surface area contributed by atoms with Crippen LogP contribution in [0.3, 0.4) is 0 Å². The Morgan fingerprint density at radius 1 is 1.23 bits per heavy atom. The minimum absolute atomic E-state index is 0.373. The Bertz CT molecular complexity index is 702. The molecule has 0 aliphatic carbocycles. The number of carboxylic acid groups (broad SMARTS) is 1. The van der Waals surface area contributed by atoms with Gasteiger partial charge in [0.15, 0.2) is 6.04 Å². The highest BCUT2D eigenvalue weighted by Crippen LogP contribution is 2.19. The second-order valence-electron chi connectivity index (χ2n) is 5.20. The first-order valence-electron chi connectivity index (χ1n) is 7.11. The van der Waals surface area contributed by atoms with Gasteiger partial charge in [0.25, 0.3) is 5.91 Å². The molecule has 1 heterocycles. The summed E-state index contributed by atoms with van der Waals surface area (Å²) in [5.74, 6) is -1.00. The monoisotopic (exact) mass is 301 g/mol. The number of aliphatic carboxylic acids is 1. The molecule has 2 rings (SSSR count). The predicted molar refractivity (Wildman–Crippen MR) is 81.8 cm³/mol. The van der Waals surface area contributed by atoms with E-state index in [9.17, 15) is 14.7 Å². The zero-order chi connectivity index (χ0) is 16.3. The highest BCUT2D eigenvalue weighted by Gasteiger charge is 2.24. The summed E-state index contributed by atoms with van der Waals surface area (Å²) in [6, 6.07) is 5.81. The molecule has 1 atom stereocenters. The van der Waals surface area contributed by atoms with Crippen LogP contribution in [0.15, 0.2) is 34.9 Å². The van der Waals surface area contributed by atoms with Gasteiger partial charge in [-0.25, -0.2) is 4.79 Å². The predicted octanol–water partition coefficient (Wildman–Crippen LogP) is 3.01. The number of aryl methyl sites for hydroxylation is 3. The Kier molecular flexibility index (Phi) is 4.65. The lowest BCUT2D eigenvalue weighted by molar-refractivity contribution is -0.139. The summed E-state index contributed by atoms with van der Waals surface area (Å²) in [4.78, 5) is 23.8. The molecule has 0 radical (unpaired) electrons. The van der Waals surface area contributed by atoms with Crippen molar-refractivity contribution in [1.29, 1.82) is 0 Å². The SMILES string of the molecule is CCc1occc1C(=O)NC(C(=O)O)c1ccc(C)c(C)c1. The molecule has 0 aliphatic rings. The van der Waals surface area contributed by atoms with Crippen LogP contribution in [0.2, 0.25) is 0 Å². The number of hydrogen-bond donors (Lipinski definition) is 2. The third-order valence-corrected chi connectivity index (χ3v) is 3.70. The molecule has 22 heavy (non-hydrogen) atoms. The number of benzene rings is 1. The molecule has 0 fully saturated rings. The summed E-state index contributed by atoms with van der Waals surface area (Å²) in [5, 5.41) is 12.0. The topological polar surface area (TPSA) is 79.5 Å². The first-order chi connectivity index (χ1) is 10.4. The lowest BCUT2D eigenvalue weighted by Crippen LogP contribution is -2.34. The quantitative estimate of drug-likeness (QED) is 0.889. The van der Waals surface area contributed by atoms with Crippen LogP contribution in [0, 0.1) is 13.8 Å². The maximum Gasteiger partial charge on any atom is 0.330 e. The number of nitrogens with one attached hydrogen (secondary N) is 1. The van der Waals surface area contributed by atoms with Crippen molar-refractivity contribution < 1.29 is 19.1 Å². The summed E-state index contributed by atoms with van der Waals surface area (Å²) >= 11 is 0. The van der Waals surface area contributed by atoms with E-state index < -0.39 is 17.9 Å². The van der Waals surface area contributed by atoms with Gasteiger partial charge in [0.05, 0.1) is 11.8 Å². The lowest BCUT2D eigenvalue weighted by atomic mass is 10.0. The Morgan fingerprint density at radius 2 is 1.95 bits per heavy atom. The molecule has 0 saturated heterocycles. The third kappa shape index (κ3) is 3.19. The summed E-state index contributed by atoms with van der Waals surface area (Å²) < 4.78 is 5.21. The molecule has 0 aliphatic heterocycles. The van der Waals surface area contributed by atoms with Crippen LogP contribution < -0.4 is 5.32 Å². The molecule has 2 N–H and O–H groups in total. The van der Waals surface area contributed by atoms with Crippen LogP contribution in [0.1, 0.15) is 45.8 Å². The van der Waals surface area contributed by atoms with Crippen molar-refractivity contribution in [3.63, 3.8) is 0 Å². The van der Waals surface area contributed by atoms with Gasteiger partial charge in [0, 0.05) is 6.42 Å². The van der Waals surface area contributed by atoms with E-state index in [0.717, 1.165) is 11.1 Å². The van der Waals surface area contributed by atoms with Crippen LogP contribution in [0.5, 0.6) is 0 Å². The van der Waals surface area contributed by atoms with E-state index in [2.05, 4.69) is 5.32 Å². The third-order valence-electron chi connectivity index (χ3n) is 3.70. The minimum atomic E-state index is -1.10. The van der Waals surface area contributed by atoms with Crippen molar-refractivity contribution in [1.82, 2.24) is 5.32 Å². The maximum absolute atomic E-state index is 12.3. The van der Waals surface area contributed by atoms with Gasteiger partial charge in [-0.15, -0.1) is 0 Å². The number of carbonyl (C=O) groups is 2. The van der Waals surface area contributed by atoms with E-state index in [1.165, 1.54) is 6.26 Å². The van der Waals surface area contributed by atoms with Crippen molar-refractivity contribution >= 4 is 11.9 Å².